The summed E-state index contributed by atoms with van der Waals surface area (Å²) < 4.78 is 26.4. The monoisotopic (exact) mass is 389 g/mol. The summed E-state index contributed by atoms with van der Waals surface area (Å²) in [6.45, 7) is 4.29. The number of benzene rings is 1. The Bertz CT molecular complexity index is 970. The maximum Gasteiger partial charge on any atom is 0.312 e. The number of carbonyl (C=O) groups excluding carboxylic acids is 1. The molecule has 2 aromatic rings. The topological polar surface area (TPSA) is 93.4 Å². The average Bonchev–Trinajstić information content (AvgIpc) is 3.04. The highest BCUT2D eigenvalue weighted by molar-refractivity contribution is 7.91. The molecule has 7 heteroatoms. The van der Waals surface area contributed by atoms with Crippen LogP contribution in [-0.4, -0.2) is 35.6 Å². The molecule has 0 radical (unpaired) electrons. The van der Waals surface area contributed by atoms with E-state index >= 15 is 0 Å². The highest BCUT2D eigenvalue weighted by atomic mass is 32.2. The van der Waals surface area contributed by atoms with Gasteiger partial charge in [-0.1, -0.05) is 13.8 Å². The van der Waals surface area contributed by atoms with E-state index in [1.165, 1.54) is 24.3 Å². The predicted molar refractivity (Wildman–Crippen MR) is 101 cm³/mol. The van der Waals surface area contributed by atoms with Crippen LogP contribution in [0.1, 0.15) is 54.4 Å². The summed E-state index contributed by atoms with van der Waals surface area (Å²) in [5.41, 5.74) is 1.47. The van der Waals surface area contributed by atoms with Gasteiger partial charge in [0.05, 0.1) is 22.3 Å². The normalized spacial score (nSPS) is 16.9. The fourth-order valence-corrected chi connectivity index (χ4v) is 5.20. The van der Waals surface area contributed by atoms with Crippen molar-refractivity contribution in [1.82, 2.24) is 4.57 Å². The van der Waals surface area contributed by atoms with Gasteiger partial charge in [0, 0.05) is 17.8 Å². The number of aromatic nitrogens is 1. The van der Waals surface area contributed by atoms with Crippen LogP contribution in [0.3, 0.4) is 0 Å². The number of ketones is 1. The molecule has 0 bridgehead atoms. The minimum atomic E-state index is -3.37. The third-order valence-electron chi connectivity index (χ3n) is 4.81. The molecule has 1 N–H and O–H groups in total. The van der Waals surface area contributed by atoms with E-state index < -0.39 is 21.7 Å². The van der Waals surface area contributed by atoms with Crippen LogP contribution in [0.15, 0.2) is 41.3 Å². The molecule has 27 heavy (non-hydrogen) atoms. The molecule has 0 spiro atoms. The lowest BCUT2D eigenvalue weighted by atomic mass is 9.96. The van der Waals surface area contributed by atoms with Crippen molar-refractivity contribution in [3.05, 3.63) is 53.3 Å². The van der Waals surface area contributed by atoms with E-state index in [1.54, 1.807) is 16.7 Å². The van der Waals surface area contributed by atoms with Gasteiger partial charge in [0.1, 0.15) is 0 Å². The zero-order valence-corrected chi connectivity index (χ0v) is 16.2. The molecule has 2 heterocycles. The highest BCUT2D eigenvalue weighted by Gasteiger charge is 2.29. The number of carboxylic acid groups (broad SMARTS) is 1. The van der Waals surface area contributed by atoms with Crippen LogP contribution >= 0.6 is 0 Å². The first-order valence-electron chi connectivity index (χ1n) is 9.00. The molecular formula is C20H23NO5S. The van der Waals surface area contributed by atoms with Gasteiger partial charge in [0.2, 0.25) is 5.78 Å². The maximum absolute atomic E-state index is 12.9. The third-order valence-corrected chi connectivity index (χ3v) is 6.90. The smallest absolute Gasteiger partial charge is 0.312 e. The van der Waals surface area contributed by atoms with E-state index in [0.717, 1.165) is 0 Å². The third kappa shape index (κ3) is 3.83. The summed E-state index contributed by atoms with van der Waals surface area (Å²) in [7, 11) is -3.37. The molecular weight excluding hydrogens is 366 g/mol. The lowest BCUT2D eigenvalue weighted by Crippen LogP contribution is -2.23. The van der Waals surface area contributed by atoms with Crippen LogP contribution in [-0.2, 0) is 21.2 Å². The molecule has 0 aliphatic carbocycles. The summed E-state index contributed by atoms with van der Waals surface area (Å²) in [4.78, 5) is 24.5. The van der Waals surface area contributed by atoms with Gasteiger partial charge >= 0.3 is 5.97 Å². The number of hydrogen-bond donors (Lipinski definition) is 1. The van der Waals surface area contributed by atoms with Crippen molar-refractivity contribution in [3.63, 3.8) is 0 Å². The number of carboxylic acids is 1. The number of fused-ring (bicyclic) bond motifs is 1. The SMILES string of the molecule is CC(C)CS(=O)(=O)c1ccc(C(=O)c2ccc3n2CCCC3C(=O)O)cc1. The van der Waals surface area contributed by atoms with Crippen molar-refractivity contribution in [3.8, 4) is 0 Å². The lowest BCUT2D eigenvalue weighted by molar-refractivity contribution is -0.139. The van der Waals surface area contributed by atoms with Crippen molar-refractivity contribution in [1.29, 1.82) is 0 Å². The standard InChI is InChI=1S/C20H23NO5S/c1-13(2)12-27(25,26)15-7-5-14(6-8-15)19(22)18-10-9-17-16(20(23)24)4-3-11-21(17)18/h5-10,13,16H,3-4,11-12H2,1-2H3,(H,23,24). The Morgan fingerprint density at radius 1 is 1.15 bits per heavy atom. The minimum Gasteiger partial charge on any atom is -0.481 e. The van der Waals surface area contributed by atoms with E-state index in [0.29, 0.717) is 36.3 Å². The largest absolute Gasteiger partial charge is 0.481 e. The zero-order valence-electron chi connectivity index (χ0n) is 15.4. The number of nitrogens with zero attached hydrogens (tertiary/aromatic N) is 1. The van der Waals surface area contributed by atoms with Crippen molar-refractivity contribution in [2.45, 2.75) is 44.0 Å². The van der Waals surface area contributed by atoms with Gasteiger partial charge in [-0.25, -0.2) is 8.42 Å². The van der Waals surface area contributed by atoms with Crippen molar-refractivity contribution in [2.24, 2.45) is 5.92 Å². The van der Waals surface area contributed by atoms with Crippen molar-refractivity contribution in [2.75, 3.05) is 5.75 Å². The molecule has 6 nitrogen and oxygen atoms in total. The van der Waals surface area contributed by atoms with Crippen molar-refractivity contribution >= 4 is 21.6 Å². The molecule has 1 aliphatic heterocycles. The Hall–Kier alpha value is -2.41. The molecule has 1 aromatic heterocycles. The number of aliphatic carboxylic acids is 1. The molecule has 0 amide bonds. The lowest BCUT2D eigenvalue weighted by Gasteiger charge is -2.23. The van der Waals surface area contributed by atoms with Crippen LogP contribution in [0.5, 0.6) is 0 Å². The first-order chi connectivity index (χ1) is 12.7. The van der Waals surface area contributed by atoms with E-state index in [1.807, 2.05) is 13.8 Å². The second-order valence-electron chi connectivity index (χ2n) is 7.36. The first kappa shape index (κ1) is 19.4. The number of hydrogen-bond acceptors (Lipinski definition) is 4. The Morgan fingerprint density at radius 2 is 1.81 bits per heavy atom. The van der Waals surface area contributed by atoms with E-state index in [9.17, 15) is 23.1 Å². The van der Waals surface area contributed by atoms with Crippen LogP contribution in [0.4, 0.5) is 0 Å². The summed E-state index contributed by atoms with van der Waals surface area (Å²) in [5, 5.41) is 9.36. The summed E-state index contributed by atoms with van der Waals surface area (Å²) in [5.74, 6) is -1.63. The maximum atomic E-state index is 12.9. The molecule has 3 rings (SSSR count). The van der Waals surface area contributed by atoms with Crippen LogP contribution in [0, 0.1) is 5.92 Å². The molecule has 1 aliphatic rings. The van der Waals surface area contributed by atoms with E-state index in [4.69, 9.17) is 0 Å². The van der Waals surface area contributed by atoms with Gasteiger partial charge < -0.3 is 9.67 Å². The van der Waals surface area contributed by atoms with Gasteiger partial charge in [0.15, 0.2) is 9.84 Å². The summed E-state index contributed by atoms with van der Waals surface area (Å²) >= 11 is 0. The first-order valence-corrected chi connectivity index (χ1v) is 10.7. The number of rotatable bonds is 6. The predicted octanol–water partition coefficient (Wildman–Crippen LogP) is 3.11. The van der Waals surface area contributed by atoms with Crippen molar-refractivity contribution < 1.29 is 23.1 Å². The van der Waals surface area contributed by atoms with E-state index in [2.05, 4.69) is 0 Å². The molecule has 1 aromatic carbocycles. The molecule has 1 atom stereocenters. The minimum absolute atomic E-state index is 0.0192. The quantitative estimate of drug-likeness (QED) is 0.766. The molecule has 0 saturated carbocycles. The highest BCUT2D eigenvalue weighted by Crippen LogP contribution is 2.30. The Morgan fingerprint density at radius 3 is 2.41 bits per heavy atom. The Kier molecular flexibility index (Phi) is 5.24. The number of sulfone groups is 1. The van der Waals surface area contributed by atoms with Gasteiger partial charge in [-0.3, -0.25) is 9.59 Å². The Labute approximate surface area is 158 Å². The fourth-order valence-electron chi connectivity index (χ4n) is 3.58. The zero-order chi connectivity index (χ0) is 19.8. The summed E-state index contributed by atoms with van der Waals surface area (Å²) in [6, 6.07) is 9.32. The van der Waals surface area contributed by atoms with Gasteiger partial charge in [-0.05, 0) is 55.2 Å². The number of carbonyl (C=O) groups is 2. The van der Waals surface area contributed by atoms with Gasteiger partial charge in [0.25, 0.3) is 0 Å². The fraction of sp³-hybridized carbons (Fsp3) is 0.400. The average molecular weight is 389 g/mol. The molecule has 0 saturated heterocycles. The van der Waals surface area contributed by atoms with Gasteiger partial charge in [-0.15, -0.1) is 0 Å². The van der Waals surface area contributed by atoms with Crippen LogP contribution in [0.25, 0.3) is 0 Å². The van der Waals surface area contributed by atoms with Crippen LogP contribution < -0.4 is 0 Å². The Balaban J connectivity index is 1.89. The van der Waals surface area contributed by atoms with Gasteiger partial charge in [-0.2, -0.15) is 0 Å². The second kappa shape index (κ2) is 7.31. The van der Waals surface area contributed by atoms with E-state index in [-0.39, 0.29) is 22.3 Å². The summed E-state index contributed by atoms with van der Waals surface area (Å²) in [6.07, 6.45) is 1.26. The van der Waals surface area contributed by atoms with Crippen LogP contribution in [0.2, 0.25) is 0 Å². The molecule has 1 unspecified atom stereocenters. The second-order valence-corrected chi connectivity index (χ2v) is 9.39. The molecule has 144 valence electrons. The molecule has 0 fully saturated rings.